The average Bonchev–Trinajstić information content (AvgIpc) is 2.86. The molecule has 0 atom stereocenters. The molecule has 1 heterocycles. The Morgan fingerprint density at radius 2 is 1.75 bits per heavy atom. The van der Waals surface area contributed by atoms with Gasteiger partial charge in [-0.1, -0.05) is 26.0 Å². The second-order valence-corrected chi connectivity index (χ2v) is 7.16. The number of rotatable bonds is 6. The molecule has 2 amide bonds. The van der Waals surface area contributed by atoms with Crippen molar-refractivity contribution in [3.8, 4) is 0 Å². The molecule has 1 N–H and O–H groups in total. The van der Waals surface area contributed by atoms with Crippen molar-refractivity contribution < 1.29 is 14.5 Å². The van der Waals surface area contributed by atoms with Crippen LogP contribution in [0.15, 0.2) is 54.2 Å². The molecule has 28 heavy (non-hydrogen) atoms. The van der Waals surface area contributed by atoms with Crippen molar-refractivity contribution in [3.63, 3.8) is 0 Å². The number of aryl methyl sites for hydroxylation is 1. The number of carbonyl (C=O) groups excluding carboxylic acids is 2. The van der Waals surface area contributed by atoms with Crippen molar-refractivity contribution in [1.29, 1.82) is 0 Å². The number of nitrogens with one attached hydrogen (secondary N) is 1. The number of carbonyl (C=O) groups is 2. The van der Waals surface area contributed by atoms with E-state index in [1.54, 1.807) is 0 Å². The smallest absolute Gasteiger partial charge is 0.278 e. The third-order valence-electron chi connectivity index (χ3n) is 4.37. The van der Waals surface area contributed by atoms with Crippen LogP contribution in [0.25, 0.3) is 5.57 Å². The predicted molar refractivity (Wildman–Crippen MR) is 106 cm³/mol. The lowest BCUT2D eigenvalue weighted by Gasteiger charge is -2.17. The first-order valence-corrected chi connectivity index (χ1v) is 8.97. The molecule has 1 aliphatic rings. The minimum atomic E-state index is -0.503. The number of nitro benzene ring substituents is 1. The molecule has 2 aromatic rings. The van der Waals surface area contributed by atoms with Crippen LogP contribution in [0.4, 0.5) is 11.4 Å². The summed E-state index contributed by atoms with van der Waals surface area (Å²) in [4.78, 5) is 37.6. The van der Waals surface area contributed by atoms with Gasteiger partial charge in [0.1, 0.15) is 5.70 Å². The summed E-state index contributed by atoms with van der Waals surface area (Å²) in [7, 11) is 0. The van der Waals surface area contributed by atoms with Crippen molar-refractivity contribution in [2.75, 3.05) is 11.9 Å². The first kappa shape index (κ1) is 19.3. The Labute approximate surface area is 162 Å². The van der Waals surface area contributed by atoms with Crippen molar-refractivity contribution in [1.82, 2.24) is 4.90 Å². The molecule has 0 unspecified atom stereocenters. The molecule has 0 spiro atoms. The van der Waals surface area contributed by atoms with Crippen LogP contribution in [-0.4, -0.2) is 28.2 Å². The van der Waals surface area contributed by atoms with E-state index in [1.165, 1.54) is 29.2 Å². The highest BCUT2D eigenvalue weighted by Crippen LogP contribution is 2.32. The summed E-state index contributed by atoms with van der Waals surface area (Å²) in [6.07, 6.45) is 0. The Hall–Kier alpha value is -3.48. The molecule has 7 nitrogen and oxygen atoms in total. The van der Waals surface area contributed by atoms with Gasteiger partial charge in [-0.05, 0) is 48.2 Å². The van der Waals surface area contributed by atoms with E-state index >= 15 is 0 Å². The molecule has 0 aliphatic carbocycles. The summed E-state index contributed by atoms with van der Waals surface area (Å²) in [5, 5.41) is 14.0. The zero-order chi connectivity index (χ0) is 20.4. The monoisotopic (exact) mass is 379 g/mol. The van der Waals surface area contributed by atoms with Gasteiger partial charge in [0.2, 0.25) is 0 Å². The average molecular weight is 379 g/mol. The molecule has 0 aromatic heterocycles. The van der Waals surface area contributed by atoms with E-state index in [4.69, 9.17) is 0 Å². The van der Waals surface area contributed by atoms with Crippen molar-refractivity contribution in [2.45, 2.75) is 20.8 Å². The SMILES string of the molecule is Cc1cccc(NC2=C(c3ccc([N+](=O)[O-])cc3)C(=O)N(CC(C)C)C2=O)c1. The molecule has 3 rings (SSSR count). The molecule has 0 fully saturated rings. The van der Waals surface area contributed by atoms with E-state index in [-0.39, 0.29) is 22.9 Å². The number of nitrogens with zero attached hydrogens (tertiary/aromatic N) is 2. The molecule has 0 saturated heterocycles. The number of hydrogen-bond donors (Lipinski definition) is 1. The van der Waals surface area contributed by atoms with E-state index in [2.05, 4.69) is 5.32 Å². The maximum absolute atomic E-state index is 13.0. The number of hydrogen-bond acceptors (Lipinski definition) is 5. The molecule has 7 heteroatoms. The largest absolute Gasteiger partial charge is 0.350 e. The number of anilines is 1. The van der Waals surface area contributed by atoms with Gasteiger partial charge in [-0.15, -0.1) is 0 Å². The van der Waals surface area contributed by atoms with Crippen LogP contribution in [-0.2, 0) is 9.59 Å². The Balaban J connectivity index is 2.06. The van der Waals surface area contributed by atoms with E-state index in [0.29, 0.717) is 17.8 Å². The van der Waals surface area contributed by atoms with E-state index < -0.39 is 16.7 Å². The number of imide groups is 1. The van der Waals surface area contributed by atoms with Crippen LogP contribution in [0.5, 0.6) is 0 Å². The van der Waals surface area contributed by atoms with Crippen LogP contribution < -0.4 is 5.32 Å². The molecule has 1 aliphatic heterocycles. The molecular formula is C21H21N3O4. The van der Waals surface area contributed by atoms with E-state index in [0.717, 1.165) is 5.56 Å². The molecule has 0 radical (unpaired) electrons. The quantitative estimate of drug-likeness (QED) is 0.469. The van der Waals surface area contributed by atoms with Crippen LogP contribution in [0, 0.1) is 23.0 Å². The number of amides is 2. The topological polar surface area (TPSA) is 92.6 Å². The maximum Gasteiger partial charge on any atom is 0.278 e. The first-order chi connectivity index (χ1) is 13.3. The van der Waals surface area contributed by atoms with Crippen LogP contribution in [0.1, 0.15) is 25.0 Å². The second-order valence-electron chi connectivity index (χ2n) is 7.16. The normalized spacial score (nSPS) is 14.2. The molecule has 144 valence electrons. The van der Waals surface area contributed by atoms with Gasteiger partial charge < -0.3 is 5.32 Å². The van der Waals surface area contributed by atoms with Crippen LogP contribution >= 0.6 is 0 Å². The Morgan fingerprint density at radius 1 is 1.07 bits per heavy atom. The lowest BCUT2D eigenvalue weighted by Crippen LogP contribution is -2.35. The van der Waals surface area contributed by atoms with Gasteiger partial charge in [-0.3, -0.25) is 24.6 Å². The van der Waals surface area contributed by atoms with Gasteiger partial charge in [-0.2, -0.15) is 0 Å². The molecule has 2 aromatic carbocycles. The summed E-state index contributed by atoms with van der Waals surface area (Å²) in [5.74, 6) is -0.680. The third-order valence-corrected chi connectivity index (χ3v) is 4.37. The van der Waals surface area contributed by atoms with Crippen molar-refractivity contribution in [2.24, 2.45) is 5.92 Å². The maximum atomic E-state index is 13.0. The Bertz CT molecular complexity index is 977. The van der Waals surface area contributed by atoms with Gasteiger partial charge in [0, 0.05) is 24.4 Å². The summed E-state index contributed by atoms with van der Waals surface area (Å²) >= 11 is 0. The number of benzene rings is 2. The van der Waals surface area contributed by atoms with Crippen LogP contribution in [0.3, 0.4) is 0 Å². The van der Waals surface area contributed by atoms with Crippen LogP contribution in [0.2, 0.25) is 0 Å². The fourth-order valence-electron chi connectivity index (χ4n) is 3.11. The zero-order valence-electron chi connectivity index (χ0n) is 15.9. The minimum absolute atomic E-state index is 0.0756. The molecule has 0 saturated carbocycles. The van der Waals surface area contributed by atoms with Crippen molar-refractivity contribution in [3.05, 3.63) is 75.5 Å². The number of nitro groups is 1. The zero-order valence-corrected chi connectivity index (χ0v) is 15.9. The van der Waals surface area contributed by atoms with Gasteiger partial charge in [0.15, 0.2) is 0 Å². The van der Waals surface area contributed by atoms with Gasteiger partial charge in [0.05, 0.1) is 10.5 Å². The van der Waals surface area contributed by atoms with E-state index in [1.807, 2.05) is 45.0 Å². The summed E-state index contributed by atoms with van der Waals surface area (Å²) in [5.41, 5.74) is 2.51. The van der Waals surface area contributed by atoms with Gasteiger partial charge in [0.25, 0.3) is 17.5 Å². The standard InChI is InChI=1S/C21H21N3O4/c1-13(2)12-23-20(25)18(15-7-9-17(10-8-15)24(27)28)19(21(23)26)22-16-6-4-5-14(3)11-16/h4-11,13,22H,12H2,1-3H3. The highest BCUT2D eigenvalue weighted by Gasteiger charge is 2.39. The Morgan fingerprint density at radius 3 is 2.32 bits per heavy atom. The number of non-ortho nitro benzene ring substituents is 1. The molecule has 0 bridgehead atoms. The summed E-state index contributed by atoms with van der Waals surface area (Å²) in [6, 6.07) is 13.1. The Kier molecular flexibility index (Phi) is 5.26. The highest BCUT2D eigenvalue weighted by molar-refractivity contribution is 6.36. The minimum Gasteiger partial charge on any atom is -0.350 e. The van der Waals surface area contributed by atoms with Crippen molar-refractivity contribution >= 4 is 28.8 Å². The summed E-state index contributed by atoms with van der Waals surface area (Å²) in [6.45, 7) is 6.09. The predicted octanol–water partition coefficient (Wildman–Crippen LogP) is 3.75. The molecular weight excluding hydrogens is 358 g/mol. The highest BCUT2D eigenvalue weighted by atomic mass is 16.6. The third kappa shape index (κ3) is 3.78. The summed E-state index contributed by atoms with van der Waals surface area (Å²) < 4.78 is 0. The lowest BCUT2D eigenvalue weighted by atomic mass is 10.0. The fourth-order valence-corrected chi connectivity index (χ4v) is 3.11. The first-order valence-electron chi connectivity index (χ1n) is 8.97. The van der Waals surface area contributed by atoms with E-state index in [9.17, 15) is 19.7 Å². The lowest BCUT2D eigenvalue weighted by molar-refractivity contribution is -0.384. The van der Waals surface area contributed by atoms with Gasteiger partial charge >= 0.3 is 0 Å². The van der Waals surface area contributed by atoms with Gasteiger partial charge in [-0.25, -0.2) is 0 Å². The second kappa shape index (κ2) is 7.64. The fraction of sp³-hybridized carbons (Fsp3) is 0.238.